The molecule has 0 heterocycles. The van der Waals surface area contributed by atoms with E-state index in [4.69, 9.17) is 41.9 Å². The van der Waals surface area contributed by atoms with Gasteiger partial charge in [-0.05, 0) is 0 Å². The number of rotatable bonds is 0. The van der Waals surface area contributed by atoms with Crippen molar-refractivity contribution in [2.75, 3.05) is 0 Å². The van der Waals surface area contributed by atoms with Crippen molar-refractivity contribution in [1.29, 1.82) is 0 Å². The molecule has 0 fully saturated rings. The van der Waals surface area contributed by atoms with Gasteiger partial charge < -0.3 is 27.0 Å². The molecule has 0 bridgehead atoms. The van der Waals surface area contributed by atoms with Gasteiger partial charge in [0.1, 0.15) is 0 Å². The monoisotopic (exact) mass is 480 g/mol. The second-order valence-corrected chi connectivity index (χ2v) is 0. The maximum atomic E-state index is 7.50. The number of thiol groups is 2. The van der Waals surface area contributed by atoms with E-state index in [0.29, 0.717) is 0 Å². The van der Waals surface area contributed by atoms with Gasteiger partial charge in [0.15, 0.2) is 0 Å². The van der Waals surface area contributed by atoms with Crippen LogP contribution in [-0.2, 0) is 120 Å². The molecule has 14 heteroatoms. The molecule has 0 amide bonds. The molecule has 0 unspecified atom stereocenters. The molecule has 0 aromatic heterocycles. The largest absolute Gasteiger partial charge is 0.813 e. The molecule has 0 aromatic carbocycles. The SMILES string of the molecule is [C-]#[O+].[C-]#[O+].[C-]#[O+].[C-]#[O+].[C-]#[O+].[C-]#[O+].[C-]#[O+].[C-]#[O+].[C-]#[O+].[Cr].[Mn].[Mn].[SH-].[SH-]. The molecule has 0 atom stereocenters. The molecule has 0 aliphatic carbocycles. The molecular formula is C9H2CrMn2O9S2-2. The average molecular weight is 480 g/mol. The third kappa shape index (κ3) is 1850000. The summed E-state index contributed by atoms with van der Waals surface area (Å²) in [6.45, 7) is 40.5. The van der Waals surface area contributed by atoms with Crippen LogP contribution in [0.3, 0.4) is 0 Å². The van der Waals surface area contributed by atoms with Crippen molar-refractivity contribution in [2.24, 2.45) is 0 Å². The number of hydrogen-bond donors (Lipinski definition) is 0. The second-order valence-electron chi connectivity index (χ2n) is 0. The minimum Gasteiger partial charge on any atom is -0.813 e. The van der Waals surface area contributed by atoms with E-state index in [1.54, 1.807) is 0 Å². The average Bonchev–Trinajstić information content (AvgIpc) is 2.63. The summed E-state index contributed by atoms with van der Waals surface area (Å²) in [6.07, 6.45) is 0. The van der Waals surface area contributed by atoms with E-state index < -0.39 is 0 Å². The Morgan fingerprint density at radius 2 is 0.261 bits per heavy atom. The molecule has 0 aromatic rings. The van der Waals surface area contributed by atoms with Crippen molar-refractivity contribution in [3.8, 4) is 0 Å². The summed E-state index contributed by atoms with van der Waals surface area (Å²) < 4.78 is 67.5. The fourth-order valence-electron chi connectivity index (χ4n) is 0. The Labute approximate surface area is 179 Å². The van der Waals surface area contributed by atoms with Crippen LogP contribution in [0.2, 0.25) is 0 Å². The van der Waals surface area contributed by atoms with Gasteiger partial charge in [0.05, 0.1) is 0 Å². The first kappa shape index (κ1) is 138. The van der Waals surface area contributed by atoms with Crippen LogP contribution in [-0.4, -0.2) is 0 Å². The molecule has 23 heavy (non-hydrogen) atoms. The summed E-state index contributed by atoms with van der Waals surface area (Å²) in [5.41, 5.74) is 0. The quantitative estimate of drug-likeness (QED) is 0.144. The zero-order valence-electron chi connectivity index (χ0n) is 10.2. The summed E-state index contributed by atoms with van der Waals surface area (Å²) in [7, 11) is 0. The first-order chi connectivity index (χ1) is 9.00. The summed E-state index contributed by atoms with van der Waals surface area (Å²) >= 11 is 0. The molecule has 9 nitrogen and oxygen atoms in total. The zero-order chi connectivity index (χ0) is 18.0. The van der Waals surface area contributed by atoms with E-state index in [-0.39, 0.29) is 78.5 Å². The molecule has 0 saturated heterocycles. The Kier molecular flexibility index (Phi) is 12300000. The van der Waals surface area contributed by atoms with Gasteiger partial charge in [-0.15, -0.1) is 0 Å². The third-order valence-corrected chi connectivity index (χ3v) is 0. The van der Waals surface area contributed by atoms with E-state index in [1.165, 1.54) is 0 Å². The summed E-state index contributed by atoms with van der Waals surface area (Å²) in [5, 5.41) is 0. The Morgan fingerprint density at radius 3 is 0.261 bits per heavy atom. The molecule has 0 spiro atoms. The third-order valence-electron chi connectivity index (χ3n) is 0. The molecule has 0 aliphatic heterocycles. The van der Waals surface area contributed by atoms with Gasteiger partial charge in [-0.1, -0.05) is 0 Å². The van der Waals surface area contributed by atoms with Crippen molar-refractivity contribution in [1.82, 2.24) is 0 Å². The van der Waals surface area contributed by atoms with Crippen LogP contribution in [0.1, 0.15) is 0 Å². The van der Waals surface area contributed by atoms with Crippen molar-refractivity contribution in [2.45, 2.75) is 0 Å². The predicted molar refractivity (Wildman–Crippen MR) is 52.9 cm³/mol. The van der Waals surface area contributed by atoms with E-state index >= 15 is 0 Å². The smallest absolute Gasteiger partial charge is 0 e. The Hall–Kier alpha value is -0.0686. The zero-order valence-corrected chi connectivity index (χ0v) is 15.7. The van der Waals surface area contributed by atoms with Crippen LogP contribution in [0.5, 0.6) is 0 Å². The second kappa shape index (κ2) is 2040000. The molecule has 0 aliphatic rings. The van der Waals surface area contributed by atoms with Gasteiger partial charge in [-0.2, -0.15) is 0 Å². The Morgan fingerprint density at radius 1 is 0.261 bits per heavy atom. The Balaban J connectivity index is -0.00000000321. The maximum Gasteiger partial charge on any atom is 0 e. The van der Waals surface area contributed by atoms with Crippen LogP contribution >= 0.6 is 0 Å². The molecular weight excluding hydrogens is 478 g/mol. The molecule has 126 valence electrons. The van der Waals surface area contributed by atoms with Gasteiger partial charge >= 0.3 is 102 Å². The standard InChI is InChI=1S/9CO.Cr.2Mn.2H2S/c9*1-2;;;;;/h;;;;;;;;;;;;2*1H2/p-2. The van der Waals surface area contributed by atoms with E-state index in [9.17, 15) is 0 Å². The number of hydrogen-bond acceptors (Lipinski definition) is 2. The Bertz CT molecular complexity index is 171. The molecule has 0 N–H and O–H groups in total. The van der Waals surface area contributed by atoms with Crippen molar-refractivity contribution >= 4 is 27.0 Å². The van der Waals surface area contributed by atoms with E-state index in [0.717, 1.165) is 0 Å². The summed E-state index contributed by atoms with van der Waals surface area (Å²) in [6, 6.07) is 0. The fourth-order valence-corrected chi connectivity index (χ4v) is 0. The summed E-state index contributed by atoms with van der Waals surface area (Å²) in [4.78, 5) is 0. The topological polar surface area (TPSA) is 179 Å². The molecule has 0 rings (SSSR count). The molecule has 0 saturated carbocycles. The minimum atomic E-state index is 0. The van der Waals surface area contributed by atoms with Crippen LogP contribution in [0.4, 0.5) is 0 Å². The fraction of sp³-hybridized carbons (Fsp3) is 0. The van der Waals surface area contributed by atoms with Crippen LogP contribution < -0.4 is 0 Å². The predicted octanol–water partition coefficient (Wildman–Crippen LogP) is -0.885. The van der Waals surface area contributed by atoms with Crippen LogP contribution in [0.15, 0.2) is 0 Å². The van der Waals surface area contributed by atoms with Crippen molar-refractivity contribution in [3.05, 3.63) is 59.9 Å². The first-order valence-electron chi connectivity index (χ1n) is 1.84. The minimum absolute atomic E-state index is 0. The van der Waals surface area contributed by atoms with Gasteiger partial charge in [-0.25, -0.2) is 0 Å². The van der Waals surface area contributed by atoms with Gasteiger partial charge in [0, 0.05) is 51.5 Å². The molecule has 2 radical (unpaired) electrons. The maximum absolute atomic E-state index is 7.50. The van der Waals surface area contributed by atoms with Gasteiger partial charge in [-0.3, -0.25) is 0 Å². The normalized spacial score (nSPS) is 0.783. The van der Waals surface area contributed by atoms with Gasteiger partial charge in [0.25, 0.3) is 0 Å². The summed E-state index contributed by atoms with van der Waals surface area (Å²) in [5.74, 6) is 0. The van der Waals surface area contributed by atoms with Crippen molar-refractivity contribution < 1.29 is 93.4 Å². The van der Waals surface area contributed by atoms with Crippen LogP contribution in [0, 0.1) is 59.9 Å². The van der Waals surface area contributed by atoms with E-state index in [1.807, 2.05) is 0 Å². The first-order valence-corrected chi connectivity index (χ1v) is 1.84. The van der Waals surface area contributed by atoms with Crippen LogP contribution in [0.25, 0.3) is 0 Å². The van der Waals surface area contributed by atoms with E-state index in [2.05, 4.69) is 59.9 Å². The van der Waals surface area contributed by atoms with Crippen molar-refractivity contribution in [3.63, 3.8) is 0 Å². The van der Waals surface area contributed by atoms with Gasteiger partial charge in [0.2, 0.25) is 0 Å².